The van der Waals surface area contributed by atoms with E-state index < -0.39 is 12.1 Å². The largest absolute Gasteiger partial charge is 0.466 e. The molecule has 6 nitrogen and oxygen atoms in total. The van der Waals surface area contributed by atoms with Crippen molar-refractivity contribution in [2.75, 3.05) is 13.2 Å². The van der Waals surface area contributed by atoms with E-state index in [2.05, 4.69) is 43.5 Å². The molecule has 0 aliphatic carbocycles. The second-order valence-corrected chi connectivity index (χ2v) is 27.0. The summed E-state index contributed by atoms with van der Waals surface area (Å²) in [7, 11) is 0. The smallest absolute Gasteiger partial charge is 0.305 e. The van der Waals surface area contributed by atoms with Gasteiger partial charge >= 0.3 is 5.97 Å². The number of esters is 1. The predicted molar refractivity (Wildman–Crippen MR) is 379 cm³/mol. The van der Waals surface area contributed by atoms with E-state index in [9.17, 15) is 19.8 Å². The van der Waals surface area contributed by atoms with Crippen molar-refractivity contribution in [2.24, 2.45) is 0 Å². The lowest BCUT2D eigenvalue weighted by atomic mass is 10.0. The predicted octanol–water partition coefficient (Wildman–Crippen LogP) is 25.8. The van der Waals surface area contributed by atoms with Crippen molar-refractivity contribution in [3.8, 4) is 0 Å². The first-order chi connectivity index (χ1) is 42.5. The van der Waals surface area contributed by atoms with Gasteiger partial charge in [-0.15, -0.1) is 0 Å². The van der Waals surface area contributed by atoms with Crippen LogP contribution in [0.15, 0.2) is 36.5 Å². The van der Waals surface area contributed by atoms with Crippen LogP contribution in [0.5, 0.6) is 0 Å². The Labute approximate surface area is 538 Å². The van der Waals surface area contributed by atoms with Gasteiger partial charge in [-0.05, 0) is 83.5 Å². The Hall–Kier alpha value is -1.92. The van der Waals surface area contributed by atoms with E-state index in [1.165, 1.54) is 366 Å². The highest BCUT2D eigenvalue weighted by molar-refractivity contribution is 5.76. The van der Waals surface area contributed by atoms with Gasteiger partial charge in [0.2, 0.25) is 5.91 Å². The third kappa shape index (κ3) is 71.2. The number of carbonyl (C=O) groups is 2. The monoisotopic (exact) mass is 1210 g/mol. The summed E-state index contributed by atoms with van der Waals surface area (Å²) in [6, 6.07) is -0.627. The minimum Gasteiger partial charge on any atom is -0.466 e. The fourth-order valence-electron chi connectivity index (χ4n) is 12.4. The number of amides is 1. The highest BCUT2D eigenvalue weighted by Crippen LogP contribution is 2.19. The number of carbonyl (C=O) groups excluding carboxylic acids is 2. The molecule has 3 N–H and O–H groups in total. The van der Waals surface area contributed by atoms with Crippen LogP contribution in [0.3, 0.4) is 0 Å². The lowest BCUT2D eigenvalue weighted by molar-refractivity contribution is -0.143. The Morgan fingerprint density at radius 2 is 0.547 bits per heavy atom. The lowest BCUT2D eigenvalue weighted by Gasteiger charge is -2.20. The summed E-state index contributed by atoms with van der Waals surface area (Å²) in [6.45, 7) is 4.94. The van der Waals surface area contributed by atoms with E-state index in [1.807, 2.05) is 6.08 Å². The van der Waals surface area contributed by atoms with Gasteiger partial charge in [0.1, 0.15) is 0 Å². The van der Waals surface area contributed by atoms with Gasteiger partial charge in [-0.2, -0.15) is 0 Å². The van der Waals surface area contributed by atoms with Gasteiger partial charge in [0.25, 0.3) is 0 Å². The Morgan fingerprint density at radius 1 is 0.314 bits per heavy atom. The Morgan fingerprint density at radius 3 is 0.826 bits per heavy atom. The molecule has 2 atom stereocenters. The number of hydrogen-bond acceptors (Lipinski definition) is 5. The summed E-state index contributed by atoms with van der Waals surface area (Å²) in [5.41, 5.74) is 0. The number of rotatable bonds is 74. The molecule has 6 heteroatoms. The first-order valence-corrected chi connectivity index (χ1v) is 39.3. The topological polar surface area (TPSA) is 95.9 Å². The van der Waals surface area contributed by atoms with Crippen LogP contribution in [-0.2, 0) is 14.3 Å². The second-order valence-electron chi connectivity index (χ2n) is 27.0. The molecule has 86 heavy (non-hydrogen) atoms. The van der Waals surface area contributed by atoms with Crippen molar-refractivity contribution in [1.29, 1.82) is 0 Å². The maximum atomic E-state index is 12.5. The zero-order valence-corrected chi connectivity index (χ0v) is 58.3. The summed E-state index contributed by atoms with van der Waals surface area (Å²) in [4.78, 5) is 24.6. The minimum absolute atomic E-state index is 0.0105. The van der Waals surface area contributed by atoms with Gasteiger partial charge in [0.15, 0.2) is 0 Å². The molecule has 0 fully saturated rings. The van der Waals surface area contributed by atoms with Crippen LogP contribution in [0.1, 0.15) is 438 Å². The van der Waals surface area contributed by atoms with E-state index in [4.69, 9.17) is 4.74 Å². The van der Waals surface area contributed by atoms with Crippen molar-refractivity contribution < 1.29 is 24.5 Å². The number of allylic oxidation sites excluding steroid dienone is 5. The zero-order chi connectivity index (χ0) is 62.0. The highest BCUT2D eigenvalue weighted by atomic mass is 16.5. The van der Waals surface area contributed by atoms with E-state index in [0.29, 0.717) is 19.4 Å². The SMILES string of the molecule is CCCCCCC/C=C\CCCCCCCC(=O)OCCCCCCCCCCCCCC/C=C\CCCCCCCCCCCCCCCCCCCC(=O)NC(CO)C(O)/C=C/CCCCCCCCCCCCCCCCCCCCCC. The number of nitrogens with one attached hydrogen (secondary N) is 1. The summed E-state index contributed by atoms with van der Waals surface area (Å²) < 4.78 is 5.49. The standard InChI is InChI=1S/C80H153NO5/c1-3-5-7-9-11-13-15-17-19-20-21-22-36-39-42-45-48-52-56-60-64-68-72-78(83)77(76-82)81-79(84)73-69-65-61-57-53-49-46-43-40-37-34-32-30-28-26-24-23-25-27-29-31-33-35-38-41-44-47-51-55-59-63-67-71-75-86-80(85)74-70-66-62-58-54-50-18-16-14-12-10-8-6-4-2/h16,18,27,29,68,72,77-78,82-83H,3-15,17,19-26,28,30-67,69-71,73-76H2,1-2H3,(H,81,84)/b18-16-,29-27-,72-68+. The minimum atomic E-state index is -0.844. The molecule has 1 amide bonds. The van der Waals surface area contributed by atoms with Crippen LogP contribution in [0.4, 0.5) is 0 Å². The molecule has 0 aliphatic heterocycles. The summed E-state index contributed by atoms with van der Waals surface area (Å²) in [6.07, 6.45) is 98.3. The first-order valence-electron chi connectivity index (χ1n) is 39.3. The number of aliphatic hydroxyl groups is 2. The molecule has 2 unspecified atom stereocenters. The van der Waals surface area contributed by atoms with Gasteiger partial charge in [0.05, 0.1) is 25.4 Å². The Balaban J connectivity index is 3.38. The van der Waals surface area contributed by atoms with Crippen molar-refractivity contribution in [2.45, 2.75) is 450 Å². The zero-order valence-electron chi connectivity index (χ0n) is 58.3. The molecule has 0 aromatic carbocycles. The van der Waals surface area contributed by atoms with Gasteiger partial charge < -0.3 is 20.3 Å². The molecule has 0 radical (unpaired) electrons. The van der Waals surface area contributed by atoms with Crippen molar-refractivity contribution in [3.63, 3.8) is 0 Å². The van der Waals surface area contributed by atoms with Crippen LogP contribution in [0, 0.1) is 0 Å². The van der Waals surface area contributed by atoms with Gasteiger partial charge in [0, 0.05) is 12.8 Å². The van der Waals surface area contributed by atoms with Gasteiger partial charge in [-0.3, -0.25) is 9.59 Å². The molecular weight excluding hydrogens is 1050 g/mol. The molecule has 0 aliphatic rings. The molecular formula is C80H153NO5. The maximum absolute atomic E-state index is 12.5. The molecule has 0 aromatic rings. The normalized spacial score (nSPS) is 12.7. The van der Waals surface area contributed by atoms with Crippen molar-refractivity contribution in [1.82, 2.24) is 5.32 Å². The van der Waals surface area contributed by atoms with Crippen LogP contribution in [0.25, 0.3) is 0 Å². The first kappa shape index (κ1) is 84.1. The number of ether oxygens (including phenoxy) is 1. The average molecular weight is 1210 g/mol. The average Bonchev–Trinajstić information content (AvgIpc) is 3.56. The fraction of sp³-hybridized carbons (Fsp3) is 0.900. The quantitative estimate of drug-likeness (QED) is 0.0320. The molecule has 0 heterocycles. The summed E-state index contributed by atoms with van der Waals surface area (Å²) >= 11 is 0. The van der Waals surface area contributed by atoms with E-state index >= 15 is 0 Å². The second kappa shape index (κ2) is 75.5. The van der Waals surface area contributed by atoms with E-state index in [1.54, 1.807) is 6.08 Å². The van der Waals surface area contributed by atoms with Gasteiger partial charge in [-0.1, -0.05) is 378 Å². The molecule has 508 valence electrons. The molecule has 0 spiro atoms. The highest BCUT2D eigenvalue weighted by Gasteiger charge is 2.18. The molecule has 0 saturated heterocycles. The number of aliphatic hydroxyl groups excluding tert-OH is 2. The molecule has 0 bridgehead atoms. The fourth-order valence-corrected chi connectivity index (χ4v) is 12.4. The number of hydrogen-bond donors (Lipinski definition) is 3. The van der Waals surface area contributed by atoms with Crippen molar-refractivity contribution >= 4 is 11.9 Å². The lowest BCUT2D eigenvalue weighted by Crippen LogP contribution is -2.45. The maximum Gasteiger partial charge on any atom is 0.305 e. The molecule has 0 saturated carbocycles. The van der Waals surface area contributed by atoms with Crippen LogP contribution < -0.4 is 5.32 Å². The van der Waals surface area contributed by atoms with Gasteiger partial charge in [-0.25, -0.2) is 0 Å². The summed E-state index contributed by atoms with van der Waals surface area (Å²) in [5.74, 6) is -0.0498. The molecule has 0 rings (SSSR count). The van der Waals surface area contributed by atoms with Crippen molar-refractivity contribution in [3.05, 3.63) is 36.5 Å². The molecule has 0 aromatic heterocycles. The van der Waals surface area contributed by atoms with E-state index in [0.717, 1.165) is 44.9 Å². The third-order valence-electron chi connectivity index (χ3n) is 18.4. The third-order valence-corrected chi connectivity index (χ3v) is 18.4. The van der Waals surface area contributed by atoms with Crippen LogP contribution in [0.2, 0.25) is 0 Å². The van der Waals surface area contributed by atoms with Crippen LogP contribution >= 0.6 is 0 Å². The Kier molecular flexibility index (Phi) is 73.9. The summed E-state index contributed by atoms with van der Waals surface area (Å²) in [5, 5.41) is 23.3. The number of unbranched alkanes of at least 4 members (excludes halogenated alkanes) is 59. The van der Waals surface area contributed by atoms with E-state index in [-0.39, 0.29) is 18.5 Å². The van der Waals surface area contributed by atoms with Crippen LogP contribution in [-0.4, -0.2) is 47.4 Å². The Bertz CT molecular complexity index is 1390.